The summed E-state index contributed by atoms with van der Waals surface area (Å²) in [4.78, 5) is 28.8. The van der Waals surface area contributed by atoms with E-state index in [4.69, 9.17) is 4.74 Å². The molecular formula is C35H49F2N3O4. The Morgan fingerprint density at radius 3 is 2.36 bits per heavy atom. The van der Waals surface area contributed by atoms with Gasteiger partial charge in [-0.1, -0.05) is 63.4 Å². The van der Waals surface area contributed by atoms with Crippen LogP contribution in [0.4, 0.5) is 8.78 Å². The molecule has 2 heterocycles. The summed E-state index contributed by atoms with van der Waals surface area (Å²) in [5.74, 6) is -2.41. The average molecular weight is 614 g/mol. The van der Waals surface area contributed by atoms with Crippen LogP contribution in [0.1, 0.15) is 70.4 Å². The van der Waals surface area contributed by atoms with Crippen molar-refractivity contribution in [1.29, 1.82) is 0 Å². The van der Waals surface area contributed by atoms with Crippen molar-refractivity contribution in [3.63, 3.8) is 0 Å². The van der Waals surface area contributed by atoms with Gasteiger partial charge in [0.25, 0.3) is 0 Å². The summed E-state index contributed by atoms with van der Waals surface area (Å²) in [7, 11) is 0. The SMILES string of the molecule is CCC.CCN1CC(C(=O)NC(Cc2cc(F)cc(F)c2)C(O)C2CC(OCc3ccccc3)CN2)C(C2CCCC2)C1=O. The maximum absolute atomic E-state index is 14.1. The summed E-state index contributed by atoms with van der Waals surface area (Å²) in [6.45, 7) is 8.03. The Kier molecular flexibility index (Phi) is 12.7. The lowest BCUT2D eigenvalue weighted by Crippen LogP contribution is -2.54. The first kappa shape index (κ1) is 34.0. The molecule has 0 spiro atoms. The Labute approximate surface area is 260 Å². The maximum Gasteiger partial charge on any atom is 0.226 e. The first-order valence-electron chi connectivity index (χ1n) is 16.3. The first-order chi connectivity index (χ1) is 21.2. The van der Waals surface area contributed by atoms with Crippen molar-refractivity contribution in [1.82, 2.24) is 15.5 Å². The van der Waals surface area contributed by atoms with Crippen LogP contribution in [-0.4, -0.2) is 65.7 Å². The molecule has 9 heteroatoms. The third kappa shape index (κ3) is 8.86. The van der Waals surface area contributed by atoms with E-state index in [-0.39, 0.29) is 42.2 Å². The second kappa shape index (κ2) is 16.4. The number of hydrogen-bond donors (Lipinski definition) is 3. The molecule has 3 N–H and O–H groups in total. The van der Waals surface area contributed by atoms with Crippen molar-refractivity contribution in [2.24, 2.45) is 17.8 Å². The molecule has 7 nitrogen and oxygen atoms in total. The van der Waals surface area contributed by atoms with Crippen LogP contribution in [0.2, 0.25) is 0 Å². The summed E-state index contributed by atoms with van der Waals surface area (Å²) in [6.07, 6.45) is 4.63. The van der Waals surface area contributed by atoms with Gasteiger partial charge in [0.05, 0.1) is 36.7 Å². The second-order valence-electron chi connectivity index (χ2n) is 12.5. The summed E-state index contributed by atoms with van der Waals surface area (Å²) >= 11 is 0. The number of likely N-dealkylation sites (tertiary alicyclic amines) is 1. The highest BCUT2D eigenvalue weighted by Crippen LogP contribution is 2.40. The predicted molar refractivity (Wildman–Crippen MR) is 167 cm³/mol. The monoisotopic (exact) mass is 613 g/mol. The van der Waals surface area contributed by atoms with E-state index < -0.39 is 29.7 Å². The zero-order valence-corrected chi connectivity index (χ0v) is 26.3. The number of carbonyl (C=O) groups excluding carboxylic acids is 2. The van der Waals surface area contributed by atoms with E-state index in [9.17, 15) is 23.5 Å². The Balaban J connectivity index is 0.00000141. The number of halogens is 2. The molecule has 2 aliphatic heterocycles. The summed E-state index contributed by atoms with van der Waals surface area (Å²) in [6, 6.07) is 11.9. The van der Waals surface area contributed by atoms with Gasteiger partial charge in [-0.05, 0) is 61.8 Å². The Morgan fingerprint density at radius 2 is 1.73 bits per heavy atom. The third-order valence-corrected chi connectivity index (χ3v) is 9.06. The quantitative estimate of drug-likeness (QED) is 0.332. The van der Waals surface area contributed by atoms with Gasteiger partial charge in [-0.2, -0.15) is 0 Å². The number of hydrogen-bond acceptors (Lipinski definition) is 5. The molecule has 2 aromatic rings. The molecule has 6 atom stereocenters. The molecule has 3 fully saturated rings. The van der Waals surface area contributed by atoms with Crippen LogP contribution in [0, 0.1) is 29.4 Å². The van der Waals surface area contributed by atoms with Crippen LogP contribution in [-0.2, 0) is 27.4 Å². The number of aliphatic hydroxyl groups excluding tert-OH is 1. The number of carbonyl (C=O) groups is 2. The number of ether oxygens (including phenoxy) is 1. The van der Waals surface area contributed by atoms with Crippen LogP contribution < -0.4 is 10.6 Å². The summed E-state index contributed by atoms with van der Waals surface area (Å²) < 4.78 is 34.2. The Hall–Kier alpha value is -2.88. The topological polar surface area (TPSA) is 90.9 Å². The standard InChI is InChI=1S/C32H41F2N3O4.C3H8/c1-2-37-18-26(29(32(37)40)22-10-6-7-11-22)31(39)36-28(14-21-12-23(33)15-24(34)13-21)30(38)27-16-25(17-35-27)41-19-20-8-4-3-5-9-20;1-3-2/h3-5,8-9,12-13,15,22,25-30,35,38H,2,6-7,10-11,14,16-19H2,1H3,(H,36,39);3H2,1-2H3. The van der Waals surface area contributed by atoms with Crippen molar-refractivity contribution in [3.8, 4) is 0 Å². The fourth-order valence-electron chi connectivity index (χ4n) is 6.92. The molecule has 2 amide bonds. The minimum absolute atomic E-state index is 0.0275. The van der Waals surface area contributed by atoms with Crippen LogP contribution in [0.15, 0.2) is 48.5 Å². The predicted octanol–water partition coefficient (Wildman–Crippen LogP) is 5.00. The molecule has 6 unspecified atom stereocenters. The van der Waals surface area contributed by atoms with E-state index in [1.54, 1.807) is 4.90 Å². The number of nitrogens with zero attached hydrogens (tertiary/aromatic N) is 1. The fraction of sp³-hybridized carbons (Fsp3) is 0.600. The zero-order valence-electron chi connectivity index (χ0n) is 26.3. The van der Waals surface area contributed by atoms with Crippen molar-refractivity contribution in [3.05, 3.63) is 71.3 Å². The highest BCUT2D eigenvalue weighted by Gasteiger charge is 2.48. The summed E-state index contributed by atoms with van der Waals surface area (Å²) in [5, 5.41) is 17.9. The van der Waals surface area contributed by atoms with Crippen LogP contribution in [0.25, 0.3) is 0 Å². The second-order valence-corrected chi connectivity index (χ2v) is 12.5. The Bertz CT molecular complexity index is 1190. The molecule has 242 valence electrons. The van der Waals surface area contributed by atoms with Crippen molar-refractivity contribution < 1.29 is 28.2 Å². The lowest BCUT2D eigenvalue weighted by atomic mass is 9.81. The normalized spacial score (nSPS) is 25.0. The van der Waals surface area contributed by atoms with Crippen LogP contribution in [0.3, 0.4) is 0 Å². The van der Waals surface area contributed by atoms with E-state index in [0.29, 0.717) is 38.2 Å². The smallest absolute Gasteiger partial charge is 0.226 e. The minimum atomic E-state index is -1.04. The van der Waals surface area contributed by atoms with Crippen LogP contribution >= 0.6 is 0 Å². The molecule has 0 aromatic heterocycles. The van der Waals surface area contributed by atoms with E-state index >= 15 is 0 Å². The molecule has 3 aliphatic rings. The number of rotatable bonds is 11. The summed E-state index contributed by atoms with van der Waals surface area (Å²) in [5.41, 5.74) is 1.39. The molecule has 0 radical (unpaired) electrons. The highest BCUT2D eigenvalue weighted by atomic mass is 19.1. The van der Waals surface area contributed by atoms with Gasteiger partial charge in [0.1, 0.15) is 11.6 Å². The highest BCUT2D eigenvalue weighted by molar-refractivity contribution is 5.91. The molecule has 5 rings (SSSR count). The van der Waals surface area contributed by atoms with Gasteiger partial charge in [0.15, 0.2) is 0 Å². The molecule has 1 saturated carbocycles. The average Bonchev–Trinajstić information content (AvgIpc) is 3.76. The fourth-order valence-corrected chi connectivity index (χ4v) is 6.92. The first-order valence-corrected chi connectivity index (χ1v) is 16.3. The van der Waals surface area contributed by atoms with Gasteiger partial charge in [-0.15, -0.1) is 0 Å². The number of nitrogens with one attached hydrogen (secondary N) is 2. The van der Waals surface area contributed by atoms with Crippen LogP contribution in [0.5, 0.6) is 0 Å². The lowest BCUT2D eigenvalue weighted by Gasteiger charge is -2.31. The molecule has 2 saturated heterocycles. The van der Waals surface area contributed by atoms with Crippen molar-refractivity contribution in [2.45, 2.75) is 96.6 Å². The minimum Gasteiger partial charge on any atom is -0.389 e. The van der Waals surface area contributed by atoms with Gasteiger partial charge in [-0.25, -0.2) is 8.78 Å². The lowest BCUT2D eigenvalue weighted by molar-refractivity contribution is -0.135. The molecule has 44 heavy (non-hydrogen) atoms. The van der Waals surface area contributed by atoms with Gasteiger partial charge in [0, 0.05) is 31.7 Å². The van der Waals surface area contributed by atoms with Gasteiger partial charge in [-0.3, -0.25) is 9.59 Å². The van der Waals surface area contributed by atoms with Gasteiger partial charge < -0.3 is 25.4 Å². The molecule has 0 bridgehead atoms. The number of amides is 2. The third-order valence-electron chi connectivity index (χ3n) is 9.06. The van der Waals surface area contributed by atoms with Crippen molar-refractivity contribution >= 4 is 11.8 Å². The molecule has 2 aromatic carbocycles. The van der Waals surface area contributed by atoms with Gasteiger partial charge >= 0.3 is 0 Å². The van der Waals surface area contributed by atoms with E-state index in [2.05, 4.69) is 24.5 Å². The van der Waals surface area contributed by atoms with Gasteiger partial charge in [0.2, 0.25) is 11.8 Å². The number of aliphatic hydroxyl groups is 1. The Morgan fingerprint density at radius 1 is 1.07 bits per heavy atom. The zero-order chi connectivity index (χ0) is 31.6. The maximum atomic E-state index is 14.1. The molecule has 1 aliphatic carbocycles. The van der Waals surface area contributed by atoms with E-state index in [1.807, 2.05) is 37.3 Å². The van der Waals surface area contributed by atoms with Crippen molar-refractivity contribution in [2.75, 3.05) is 19.6 Å². The van der Waals surface area contributed by atoms with E-state index in [1.165, 1.54) is 18.6 Å². The largest absolute Gasteiger partial charge is 0.389 e. The van der Waals surface area contributed by atoms with E-state index in [0.717, 1.165) is 37.3 Å². The molecular weight excluding hydrogens is 564 g/mol. The number of benzene rings is 2.